The zero-order valence-corrected chi connectivity index (χ0v) is 22.1. The average molecular weight is 549 g/mol. The first-order chi connectivity index (χ1) is 18.7. The number of nitrogens with zero attached hydrogens (tertiary/aromatic N) is 3. The van der Waals surface area contributed by atoms with Gasteiger partial charge in [-0.25, -0.2) is 4.79 Å². The van der Waals surface area contributed by atoms with E-state index in [1.807, 2.05) is 25.1 Å². The van der Waals surface area contributed by atoms with Crippen molar-refractivity contribution in [2.75, 3.05) is 62.8 Å². The number of carbonyl (C=O) groups is 1. The smallest absolute Gasteiger partial charge is 0.392 e. The van der Waals surface area contributed by atoms with E-state index in [1.165, 1.54) is 4.90 Å². The molecule has 0 radical (unpaired) electrons. The number of halogens is 3. The highest BCUT2D eigenvalue weighted by Gasteiger charge is 2.58. The molecular weight excluding hydrogens is 513 g/mol. The van der Waals surface area contributed by atoms with Crippen molar-refractivity contribution in [2.45, 2.75) is 38.8 Å². The predicted molar refractivity (Wildman–Crippen MR) is 141 cm³/mol. The number of likely N-dealkylation sites (tertiary alicyclic amines) is 1. The Morgan fingerprint density at radius 1 is 1.21 bits per heavy atom. The molecule has 2 N–H and O–H groups in total. The van der Waals surface area contributed by atoms with Crippen LogP contribution in [0.3, 0.4) is 0 Å². The zero-order valence-electron chi connectivity index (χ0n) is 22.1. The van der Waals surface area contributed by atoms with Crippen LogP contribution in [0.25, 0.3) is 11.1 Å². The van der Waals surface area contributed by atoms with Gasteiger partial charge in [-0.3, -0.25) is 0 Å². The molecule has 212 valence electrons. The predicted octanol–water partition coefficient (Wildman–Crippen LogP) is 4.85. The van der Waals surface area contributed by atoms with E-state index in [4.69, 9.17) is 9.47 Å². The number of aliphatic hydroxyl groups excluding tert-OH is 1. The molecule has 2 amide bonds. The van der Waals surface area contributed by atoms with Crippen LogP contribution in [0, 0.1) is 18.3 Å². The number of carbonyl (C=O) groups excluding carboxylic acids is 1. The fourth-order valence-corrected chi connectivity index (χ4v) is 6.25. The van der Waals surface area contributed by atoms with E-state index in [-0.39, 0.29) is 32.2 Å². The van der Waals surface area contributed by atoms with Gasteiger partial charge in [-0.2, -0.15) is 18.2 Å². The summed E-state index contributed by atoms with van der Waals surface area (Å²) in [7, 11) is 0. The Morgan fingerprint density at radius 3 is 2.74 bits per heavy atom. The Balaban J connectivity index is 1.36. The minimum atomic E-state index is -4.24. The van der Waals surface area contributed by atoms with Gasteiger partial charge < -0.3 is 29.7 Å². The number of anilines is 2. The molecule has 3 aliphatic rings. The molecule has 1 saturated carbocycles. The van der Waals surface area contributed by atoms with Crippen LogP contribution in [0.4, 0.5) is 29.5 Å². The quantitative estimate of drug-likeness (QED) is 0.537. The summed E-state index contributed by atoms with van der Waals surface area (Å²) in [6.45, 7) is 4.96. The number of benzene rings is 1. The van der Waals surface area contributed by atoms with Gasteiger partial charge in [0.15, 0.2) is 0 Å². The first-order valence-corrected chi connectivity index (χ1v) is 13.5. The lowest BCUT2D eigenvalue weighted by molar-refractivity contribution is -0.198. The van der Waals surface area contributed by atoms with Crippen LogP contribution in [-0.2, 0) is 4.74 Å². The third-order valence-electron chi connectivity index (χ3n) is 8.24. The number of ether oxygens (including phenoxy) is 2. The maximum absolute atomic E-state index is 13.7. The molecule has 2 atom stereocenters. The van der Waals surface area contributed by atoms with Crippen LogP contribution in [0.5, 0.6) is 5.88 Å². The molecule has 1 aromatic heterocycles. The number of hydrogen-bond acceptors (Lipinski definition) is 6. The van der Waals surface area contributed by atoms with Crippen molar-refractivity contribution in [3.8, 4) is 17.0 Å². The van der Waals surface area contributed by atoms with E-state index in [0.29, 0.717) is 63.7 Å². The number of amides is 2. The SMILES string of the molecule is Cc1ccc(NC(=O)N2CCC3(CCCC3C(F)(F)F)C2)cc1-c1cc(OCCO)nc(N2CCOCC2)c1. The van der Waals surface area contributed by atoms with Gasteiger partial charge in [-0.1, -0.05) is 12.5 Å². The molecule has 39 heavy (non-hydrogen) atoms. The van der Waals surface area contributed by atoms with Crippen LogP contribution in [0.1, 0.15) is 31.2 Å². The number of pyridine rings is 1. The Morgan fingerprint density at radius 2 is 2.00 bits per heavy atom. The van der Waals surface area contributed by atoms with E-state index in [0.717, 1.165) is 22.5 Å². The molecule has 2 aliphatic heterocycles. The molecule has 1 aromatic carbocycles. The van der Waals surface area contributed by atoms with Gasteiger partial charge in [0, 0.05) is 43.3 Å². The fourth-order valence-electron chi connectivity index (χ4n) is 6.25. The van der Waals surface area contributed by atoms with Gasteiger partial charge in [-0.15, -0.1) is 0 Å². The Labute approximate surface area is 226 Å². The minimum absolute atomic E-state index is 0.112. The van der Waals surface area contributed by atoms with Gasteiger partial charge in [-0.05, 0) is 61.1 Å². The molecule has 2 aromatic rings. The molecule has 8 nitrogen and oxygen atoms in total. The number of aromatic nitrogens is 1. The second-order valence-corrected chi connectivity index (χ2v) is 10.7. The van der Waals surface area contributed by atoms with Gasteiger partial charge >= 0.3 is 12.2 Å². The lowest BCUT2D eigenvalue weighted by atomic mass is 9.77. The minimum Gasteiger partial charge on any atom is -0.475 e. The number of aliphatic hydroxyl groups is 1. The second kappa shape index (κ2) is 11.2. The first-order valence-electron chi connectivity index (χ1n) is 13.5. The molecular formula is C28H35F3N4O4. The maximum Gasteiger partial charge on any atom is 0.392 e. The van der Waals surface area contributed by atoms with Crippen LogP contribution in [0.2, 0.25) is 0 Å². The topological polar surface area (TPSA) is 87.2 Å². The van der Waals surface area contributed by atoms with Crippen molar-refractivity contribution in [1.29, 1.82) is 0 Å². The van der Waals surface area contributed by atoms with Crippen LogP contribution < -0.4 is 15.0 Å². The molecule has 5 rings (SSSR count). The molecule has 1 spiro atoms. The summed E-state index contributed by atoms with van der Waals surface area (Å²) in [6.07, 6.45) is -2.67. The summed E-state index contributed by atoms with van der Waals surface area (Å²) < 4.78 is 52.1. The number of urea groups is 1. The summed E-state index contributed by atoms with van der Waals surface area (Å²) in [5, 5.41) is 12.1. The number of hydrogen-bond donors (Lipinski definition) is 2. The maximum atomic E-state index is 13.7. The monoisotopic (exact) mass is 548 g/mol. The molecule has 0 bridgehead atoms. The lowest BCUT2D eigenvalue weighted by Crippen LogP contribution is -2.40. The van der Waals surface area contributed by atoms with E-state index < -0.39 is 17.5 Å². The van der Waals surface area contributed by atoms with Gasteiger partial charge in [0.2, 0.25) is 5.88 Å². The molecule has 11 heteroatoms. The van der Waals surface area contributed by atoms with Gasteiger partial charge in [0.1, 0.15) is 12.4 Å². The summed E-state index contributed by atoms with van der Waals surface area (Å²) in [5.41, 5.74) is 2.37. The van der Waals surface area contributed by atoms with Crippen molar-refractivity contribution in [2.24, 2.45) is 11.3 Å². The van der Waals surface area contributed by atoms with E-state index >= 15 is 0 Å². The lowest BCUT2D eigenvalue weighted by Gasteiger charge is -2.32. The molecule has 3 heterocycles. The standard InChI is InChI=1S/C28H35F3N4O4/c1-19-4-5-21(32-26(37)35-8-7-27(18-35)6-2-3-23(27)28(29,30)31)17-22(19)20-15-24(34-9-12-38-13-10-34)33-25(16-20)39-14-11-36/h4-5,15-17,23,36H,2-3,6-14,18H2,1H3,(H,32,37). The van der Waals surface area contributed by atoms with E-state index in [9.17, 15) is 23.1 Å². The highest BCUT2D eigenvalue weighted by molar-refractivity contribution is 5.91. The van der Waals surface area contributed by atoms with Gasteiger partial charge in [0.05, 0.1) is 25.7 Å². The first kappa shape index (κ1) is 27.5. The number of alkyl halides is 3. The van der Waals surface area contributed by atoms with Crippen LogP contribution in [-0.4, -0.2) is 79.8 Å². The summed E-state index contributed by atoms with van der Waals surface area (Å²) >= 11 is 0. The fraction of sp³-hybridized carbons (Fsp3) is 0.571. The Kier molecular flexibility index (Phi) is 7.91. The van der Waals surface area contributed by atoms with Crippen molar-refractivity contribution in [1.82, 2.24) is 9.88 Å². The molecule has 2 saturated heterocycles. The van der Waals surface area contributed by atoms with Crippen molar-refractivity contribution >= 4 is 17.5 Å². The molecule has 1 aliphatic carbocycles. The third-order valence-corrected chi connectivity index (χ3v) is 8.24. The highest BCUT2D eigenvalue weighted by Crippen LogP contribution is 2.55. The Hall–Kier alpha value is -3.05. The number of nitrogens with one attached hydrogen (secondary N) is 1. The zero-order chi connectivity index (χ0) is 27.6. The third kappa shape index (κ3) is 5.94. The van der Waals surface area contributed by atoms with E-state index in [1.54, 1.807) is 12.1 Å². The molecule has 2 unspecified atom stereocenters. The van der Waals surface area contributed by atoms with Crippen molar-refractivity contribution in [3.05, 3.63) is 35.9 Å². The summed E-state index contributed by atoms with van der Waals surface area (Å²) in [4.78, 5) is 21.4. The van der Waals surface area contributed by atoms with E-state index in [2.05, 4.69) is 15.2 Å². The van der Waals surface area contributed by atoms with Crippen LogP contribution in [0.15, 0.2) is 30.3 Å². The molecule has 3 fully saturated rings. The summed E-state index contributed by atoms with van der Waals surface area (Å²) in [6, 6.07) is 8.94. The normalized spacial score (nSPS) is 23.5. The largest absolute Gasteiger partial charge is 0.475 e. The van der Waals surface area contributed by atoms with Gasteiger partial charge in [0.25, 0.3) is 0 Å². The second-order valence-electron chi connectivity index (χ2n) is 10.7. The Bertz CT molecular complexity index is 1190. The van der Waals surface area contributed by atoms with Crippen LogP contribution >= 0.6 is 0 Å². The highest BCUT2D eigenvalue weighted by atomic mass is 19.4. The average Bonchev–Trinajstić information content (AvgIpc) is 3.56. The number of morpholine rings is 1. The number of rotatable bonds is 6. The van der Waals surface area contributed by atoms with Crippen molar-refractivity contribution in [3.63, 3.8) is 0 Å². The summed E-state index contributed by atoms with van der Waals surface area (Å²) in [5.74, 6) is -0.228. The number of aryl methyl sites for hydroxylation is 1. The van der Waals surface area contributed by atoms with Crippen molar-refractivity contribution < 1.29 is 32.5 Å².